The number of carbonyl (C=O) groups excluding carboxylic acids is 1. The number of benzene rings is 2. The number of carbonyl (C=O) groups is 1. The molecule has 5 rings (SSSR count). The third-order valence-electron chi connectivity index (χ3n) is 6.07. The highest BCUT2D eigenvalue weighted by molar-refractivity contribution is 8.00. The van der Waals surface area contributed by atoms with Crippen molar-refractivity contribution in [2.45, 2.75) is 43.6 Å². The second-order valence-corrected chi connectivity index (χ2v) is 9.66. The van der Waals surface area contributed by atoms with Crippen LogP contribution in [0.25, 0.3) is 16.6 Å². The van der Waals surface area contributed by atoms with E-state index in [1.165, 1.54) is 24.6 Å². The van der Waals surface area contributed by atoms with Crippen molar-refractivity contribution in [1.82, 2.24) is 24.6 Å². The van der Waals surface area contributed by atoms with Gasteiger partial charge in [0.25, 0.3) is 0 Å². The first-order chi connectivity index (χ1) is 15.6. The number of nitrogens with one attached hydrogen (secondary N) is 1. The number of aromatic amines is 1. The maximum absolute atomic E-state index is 13.5. The van der Waals surface area contributed by atoms with Crippen molar-refractivity contribution in [3.8, 4) is 5.69 Å². The van der Waals surface area contributed by atoms with Crippen LogP contribution in [-0.2, 0) is 6.54 Å². The van der Waals surface area contributed by atoms with E-state index in [0.29, 0.717) is 0 Å². The van der Waals surface area contributed by atoms with Crippen LogP contribution in [0.1, 0.15) is 41.6 Å². The third kappa shape index (κ3) is 3.98. The Labute approximate surface area is 192 Å². The number of Topliss-reactive ketones (excluding diaryl/α,β-unsaturated/α-hetero) is 1. The van der Waals surface area contributed by atoms with E-state index in [1.807, 2.05) is 56.3 Å². The maximum Gasteiger partial charge on any atom is 0.196 e. The smallest absolute Gasteiger partial charge is 0.196 e. The van der Waals surface area contributed by atoms with Gasteiger partial charge in [0.2, 0.25) is 0 Å². The minimum atomic E-state index is -0.292. The van der Waals surface area contributed by atoms with Crippen molar-refractivity contribution in [1.29, 1.82) is 0 Å². The van der Waals surface area contributed by atoms with E-state index in [-0.39, 0.29) is 11.0 Å². The maximum atomic E-state index is 13.5. The summed E-state index contributed by atoms with van der Waals surface area (Å²) in [5.74, 6) is 1.03. The summed E-state index contributed by atoms with van der Waals surface area (Å²) in [6, 6.07) is 18.1. The van der Waals surface area contributed by atoms with E-state index in [2.05, 4.69) is 36.8 Å². The van der Waals surface area contributed by atoms with Gasteiger partial charge in [-0.3, -0.25) is 14.3 Å². The molecule has 0 unspecified atom stereocenters. The minimum Gasteiger partial charge on any atom is -0.358 e. The molecule has 2 aromatic heterocycles. The van der Waals surface area contributed by atoms with Crippen molar-refractivity contribution in [2.24, 2.45) is 0 Å². The van der Waals surface area contributed by atoms with Crippen molar-refractivity contribution in [2.75, 3.05) is 13.1 Å². The Balaban J connectivity index is 1.46. The van der Waals surface area contributed by atoms with Gasteiger partial charge >= 0.3 is 0 Å². The zero-order valence-electron chi connectivity index (χ0n) is 18.4. The SMILES string of the molecule is Cc1[nH]c2ccccc2c1C(=O)[C@H](C)Sc1nnc(CN2CCCC2)n1-c1ccccc1. The molecule has 0 radical (unpaired) electrons. The molecule has 1 aliphatic rings. The minimum absolute atomic E-state index is 0.105. The number of hydrogen-bond donors (Lipinski definition) is 1. The molecule has 0 bridgehead atoms. The van der Waals surface area contributed by atoms with Gasteiger partial charge in [-0.25, -0.2) is 0 Å². The molecule has 4 aromatic rings. The van der Waals surface area contributed by atoms with Crippen LogP contribution in [0.3, 0.4) is 0 Å². The fraction of sp³-hybridized carbons (Fsp3) is 0.320. The van der Waals surface area contributed by atoms with E-state index in [1.54, 1.807) is 0 Å². The highest BCUT2D eigenvalue weighted by Crippen LogP contribution is 2.31. The first-order valence-electron chi connectivity index (χ1n) is 11.1. The molecule has 3 heterocycles. The van der Waals surface area contributed by atoms with E-state index >= 15 is 0 Å². The Kier molecular flexibility index (Phi) is 5.85. The predicted molar refractivity (Wildman–Crippen MR) is 129 cm³/mol. The Morgan fingerprint density at radius 3 is 2.56 bits per heavy atom. The Morgan fingerprint density at radius 1 is 1.06 bits per heavy atom. The van der Waals surface area contributed by atoms with Gasteiger partial charge in [0.15, 0.2) is 16.8 Å². The molecule has 2 aromatic carbocycles. The average Bonchev–Trinajstić information content (AvgIpc) is 3.53. The second-order valence-electron chi connectivity index (χ2n) is 8.35. The monoisotopic (exact) mass is 445 g/mol. The fourth-order valence-corrected chi connectivity index (χ4v) is 5.41. The molecule has 0 aliphatic carbocycles. The molecule has 1 fully saturated rings. The first kappa shape index (κ1) is 21.0. The quantitative estimate of drug-likeness (QED) is 0.320. The molecule has 1 N–H and O–H groups in total. The number of nitrogens with zero attached hydrogens (tertiary/aromatic N) is 4. The number of para-hydroxylation sites is 2. The van der Waals surface area contributed by atoms with E-state index in [9.17, 15) is 4.79 Å². The van der Waals surface area contributed by atoms with Crippen LogP contribution >= 0.6 is 11.8 Å². The molecule has 0 spiro atoms. The number of fused-ring (bicyclic) bond motifs is 1. The van der Waals surface area contributed by atoms with Gasteiger partial charge in [-0.15, -0.1) is 10.2 Å². The Hall–Kier alpha value is -2.90. The number of hydrogen-bond acceptors (Lipinski definition) is 5. The highest BCUT2D eigenvalue weighted by Gasteiger charge is 2.26. The Bertz CT molecular complexity index is 1240. The summed E-state index contributed by atoms with van der Waals surface area (Å²) in [6.07, 6.45) is 2.47. The number of rotatable bonds is 7. The molecule has 7 heteroatoms. The molecular weight excluding hydrogens is 418 g/mol. The second kappa shape index (κ2) is 8.92. The zero-order valence-corrected chi connectivity index (χ0v) is 19.2. The van der Waals surface area contributed by atoms with Crippen molar-refractivity contribution in [3.63, 3.8) is 0 Å². The molecule has 1 saturated heterocycles. The lowest BCUT2D eigenvalue weighted by molar-refractivity contribution is 0.0995. The summed E-state index contributed by atoms with van der Waals surface area (Å²) < 4.78 is 2.11. The zero-order chi connectivity index (χ0) is 22.1. The number of likely N-dealkylation sites (tertiary alicyclic amines) is 1. The van der Waals surface area contributed by atoms with Crippen molar-refractivity contribution >= 4 is 28.4 Å². The van der Waals surface area contributed by atoms with E-state index < -0.39 is 0 Å². The summed E-state index contributed by atoms with van der Waals surface area (Å²) >= 11 is 1.47. The van der Waals surface area contributed by atoms with Crippen molar-refractivity contribution < 1.29 is 4.79 Å². The summed E-state index contributed by atoms with van der Waals surface area (Å²) in [6.45, 7) is 6.88. The lowest BCUT2D eigenvalue weighted by atomic mass is 10.1. The van der Waals surface area contributed by atoms with Gasteiger partial charge in [0, 0.05) is 27.8 Å². The number of ketones is 1. The van der Waals surface area contributed by atoms with Gasteiger partial charge in [0.1, 0.15) is 0 Å². The third-order valence-corrected chi connectivity index (χ3v) is 7.11. The molecule has 32 heavy (non-hydrogen) atoms. The van der Waals surface area contributed by atoms with Crippen LogP contribution in [0.5, 0.6) is 0 Å². The highest BCUT2D eigenvalue weighted by atomic mass is 32.2. The fourth-order valence-electron chi connectivity index (χ4n) is 4.47. The molecule has 6 nitrogen and oxygen atoms in total. The normalized spacial score (nSPS) is 15.4. The molecule has 1 atom stereocenters. The first-order valence-corrected chi connectivity index (χ1v) is 12.0. The summed E-state index contributed by atoms with van der Waals surface area (Å²) in [7, 11) is 0. The molecule has 0 saturated carbocycles. The van der Waals surface area contributed by atoms with Gasteiger partial charge in [0.05, 0.1) is 11.8 Å². The van der Waals surface area contributed by atoms with E-state index in [4.69, 9.17) is 0 Å². The number of aromatic nitrogens is 4. The average molecular weight is 446 g/mol. The van der Waals surface area contributed by atoms with E-state index in [0.717, 1.165) is 58.5 Å². The molecular formula is C25H27N5OS. The predicted octanol–water partition coefficient (Wildman–Crippen LogP) is 5.02. The standard InChI is InChI=1S/C25H27N5OS/c1-17-23(20-12-6-7-13-21(20)26-17)24(31)18(2)32-25-28-27-22(16-29-14-8-9-15-29)30(25)19-10-4-3-5-11-19/h3-7,10-13,18,26H,8-9,14-16H2,1-2H3/t18-/m0/s1. The number of H-pyrrole nitrogens is 1. The molecule has 1 aliphatic heterocycles. The van der Waals surface area contributed by atoms with Crippen molar-refractivity contribution in [3.05, 3.63) is 71.7 Å². The number of thioether (sulfide) groups is 1. The number of aryl methyl sites for hydroxylation is 1. The largest absolute Gasteiger partial charge is 0.358 e. The van der Waals surface area contributed by atoms with Crippen LogP contribution in [0.4, 0.5) is 0 Å². The summed E-state index contributed by atoms with van der Waals surface area (Å²) in [4.78, 5) is 19.2. The topological polar surface area (TPSA) is 66.8 Å². The van der Waals surface area contributed by atoms with Gasteiger partial charge in [-0.1, -0.05) is 48.2 Å². The molecule has 0 amide bonds. The Morgan fingerprint density at radius 2 is 1.78 bits per heavy atom. The van der Waals surface area contributed by atoms with Crippen LogP contribution in [0.15, 0.2) is 59.8 Å². The summed E-state index contributed by atoms with van der Waals surface area (Å²) in [5, 5.41) is 10.5. The van der Waals surface area contributed by atoms with Crippen LogP contribution in [-0.4, -0.2) is 48.8 Å². The summed E-state index contributed by atoms with van der Waals surface area (Å²) in [5.41, 5.74) is 3.69. The van der Waals surface area contributed by atoms with Crippen LogP contribution in [0, 0.1) is 6.92 Å². The van der Waals surface area contributed by atoms with Gasteiger partial charge < -0.3 is 4.98 Å². The van der Waals surface area contributed by atoms with Gasteiger partial charge in [-0.05, 0) is 58.0 Å². The molecule has 164 valence electrons. The lowest BCUT2D eigenvalue weighted by Crippen LogP contribution is -2.21. The lowest BCUT2D eigenvalue weighted by Gasteiger charge is -2.17. The van der Waals surface area contributed by atoms with Crippen LogP contribution in [0.2, 0.25) is 0 Å². The van der Waals surface area contributed by atoms with Gasteiger partial charge in [-0.2, -0.15) is 0 Å². The van der Waals surface area contributed by atoms with Crippen LogP contribution < -0.4 is 0 Å².